The highest BCUT2D eigenvalue weighted by molar-refractivity contribution is 7.80. The zero-order valence-corrected chi connectivity index (χ0v) is 8.88. The predicted octanol–water partition coefficient (Wildman–Crippen LogP) is 1.36. The number of anilines is 1. The number of thiocarbonyl (C=S) groups is 1. The lowest BCUT2D eigenvalue weighted by atomic mass is 10.1. The standard InChI is InChI=1S/C10H12N2O2S/c11-10(15)12-8-4-1-7(2-5-8)3-6-9(13)14/h1-2,4-5H,3,6H2,(H,13,14)(H3,11,12,15). The van der Waals surface area contributed by atoms with Gasteiger partial charge in [0, 0.05) is 12.1 Å². The smallest absolute Gasteiger partial charge is 0.303 e. The van der Waals surface area contributed by atoms with Crippen molar-refractivity contribution in [3.63, 3.8) is 0 Å². The van der Waals surface area contributed by atoms with Gasteiger partial charge in [-0.2, -0.15) is 0 Å². The van der Waals surface area contributed by atoms with Gasteiger partial charge >= 0.3 is 5.97 Å². The molecule has 0 radical (unpaired) electrons. The van der Waals surface area contributed by atoms with Crippen molar-refractivity contribution in [1.29, 1.82) is 0 Å². The van der Waals surface area contributed by atoms with Gasteiger partial charge in [0.15, 0.2) is 5.11 Å². The van der Waals surface area contributed by atoms with Gasteiger partial charge in [0.2, 0.25) is 0 Å². The Balaban J connectivity index is 2.56. The Labute approximate surface area is 93.1 Å². The average molecular weight is 224 g/mol. The summed E-state index contributed by atoms with van der Waals surface area (Å²) in [5.74, 6) is -0.791. The first-order valence-corrected chi connectivity index (χ1v) is 4.86. The molecule has 5 heteroatoms. The van der Waals surface area contributed by atoms with Crippen LogP contribution in [-0.2, 0) is 11.2 Å². The van der Waals surface area contributed by atoms with Crippen LogP contribution in [0.2, 0.25) is 0 Å². The first-order chi connectivity index (χ1) is 7.08. The number of benzene rings is 1. The van der Waals surface area contributed by atoms with Gasteiger partial charge in [0.05, 0.1) is 0 Å². The molecule has 0 aromatic heterocycles. The fourth-order valence-electron chi connectivity index (χ4n) is 1.15. The lowest BCUT2D eigenvalue weighted by Gasteiger charge is -2.04. The van der Waals surface area contributed by atoms with E-state index in [0.717, 1.165) is 11.3 Å². The van der Waals surface area contributed by atoms with Crippen LogP contribution in [-0.4, -0.2) is 16.2 Å². The quantitative estimate of drug-likeness (QED) is 0.673. The minimum atomic E-state index is -0.791. The second-order valence-electron chi connectivity index (χ2n) is 3.08. The summed E-state index contributed by atoms with van der Waals surface area (Å²) in [5, 5.41) is 11.5. The molecule has 0 aliphatic heterocycles. The highest BCUT2D eigenvalue weighted by Gasteiger charge is 1.99. The third-order valence-electron chi connectivity index (χ3n) is 1.85. The Morgan fingerprint density at radius 1 is 1.40 bits per heavy atom. The number of aliphatic carboxylic acids is 1. The fourth-order valence-corrected chi connectivity index (χ4v) is 1.27. The maximum atomic E-state index is 10.3. The topological polar surface area (TPSA) is 75.3 Å². The van der Waals surface area contributed by atoms with Crippen molar-refractivity contribution in [2.24, 2.45) is 5.73 Å². The number of hydrogen-bond donors (Lipinski definition) is 3. The van der Waals surface area contributed by atoms with E-state index < -0.39 is 5.97 Å². The van der Waals surface area contributed by atoms with E-state index in [9.17, 15) is 4.79 Å². The van der Waals surface area contributed by atoms with E-state index >= 15 is 0 Å². The summed E-state index contributed by atoms with van der Waals surface area (Å²) in [4.78, 5) is 10.3. The summed E-state index contributed by atoms with van der Waals surface area (Å²) in [5.41, 5.74) is 7.09. The molecule has 0 heterocycles. The second-order valence-corrected chi connectivity index (χ2v) is 3.52. The van der Waals surface area contributed by atoms with Crippen LogP contribution in [0.25, 0.3) is 0 Å². The van der Waals surface area contributed by atoms with Gasteiger partial charge in [0.1, 0.15) is 0 Å². The van der Waals surface area contributed by atoms with Crippen molar-refractivity contribution in [2.45, 2.75) is 12.8 Å². The average Bonchev–Trinajstić information content (AvgIpc) is 2.16. The molecule has 4 nitrogen and oxygen atoms in total. The Bertz CT molecular complexity index is 362. The van der Waals surface area contributed by atoms with Crippen LogP contribution in [0.3, 0.4) is 0 Å². The highest BCUT2D eigenvalue weighted by Crippen LogP contribution is 2.10. The Morgan fingerprint density at radius 3 is 2.47 bits per heavy atom. The maximum absolute atomic E-state index is 10.3. The third-order valence-corrected chi connectivity index (χ3v) is 1.95. The molecule has 0 atom stereocenters. The van der Waals surface area contributed by atoms with Crippen LogP contribution >= 0.6 is 12.2 Å². The monoisotopic (exact) mass is 224 g/mol. The number of nitrogens with two attached hydrogens (primary N) is 1. The van der Waals surface area contributed by atoms with Gasteiger partial charge in [-0.25, -0.2) is 0 Å². The summed E-state index contributed by atoms with van der Waals surface area (Å²) in [6, 6.07) is 7.33. The summed E-state index contributed by atoms with van der Waals surface area (Å²) >= 11 is 4.68. The van der Waals surface area contributed by atoms with E-state index in [2.05, 4.69) is 17.5 Å². The number of hydrogen-bond acceptors (Lipinski definition) is 2. The summed E-state index contributed by atoms with van der Waals surface area (Å²) < 4.78 is 0. The molecule has 0 aliphatic rings. The first kappa shape index (κ1) is 11.5. The predicted molar refractivity (Wildman–Crippen MR) is 62.8 cm³/mol. The second kappa shape index (κ2) is 5.31. The SMILES string of the molecule is NC(=S)Nc1ccc(CCC(=O)O)cc1. The number of carboxylic acids is 1. The molecule has 1 aromatic rings. The maximum Gasteiger partial charge on any atom is 0.303 e. The number of nitrogens with one attached hydrogen (secondary N) is 1. The van der Waals surface area contributed by atoms with Gasteiger partial charge < -0.3 is 16.2 Å². The van der Waals surface area contributed by atoms with E-state index in [-0.39, 0.29) is 11.5 Å². The van der Waals surface area contributed by atoms with E-state index in [0.29, 0.717) is 6.42 Å². The van der Waals surface area contributed by atoms with E-state index in [1.165, 1.54) is 0 Å². The summed E-state index contributed by atoms with van der Waals surface area (Å²) in [7, 11) is 0. The van der Waals surface area contributed by atoms with Crippen LogP contribution in [0.1, 0.15) is 12.0 Å². The minimum Gasteiger partial charge on any atom is -0.481 e. The van der Waals surface area contributed by atoms with Crippen molar-refractivity contribution in [2.75, 3.05) is 5.32 Å². The summed E-state index contributed by atoms with van der Waals surface area (Å²) in [6.07, 6.45) is 0.671. The zero-order chi connectivity index (χ0) is 11.3. The van der Waals surface area contributed by atoms with Crippen molar-refractivity contribution in [1.82, 2.24) is 0 Å². The molecule has 0 spiro atoms. The molecule has 1 rings (SSSR count). The van der Waals surface area contributed by atoms with E-state index in [1.54, 1.807) is 0 Å². The minimum absolute atomic E-state index is 0.141. The molecule has 0 bridgehead atoms. The van der Waals surface area contributed by atoms with Crippen molar-refractivity contribution in [3.05, 3.63) is 29.8 Å². The Hall–Kier alpha value is -1.62. The molecular formula is C10H12N2O2S. The molecule has 80 valence electrons. The Morgan fingerprint density at radius 2 is 2.00 bits per heavy atom. The van der Waals surface area contributed by atoms with Crippen LogP contribution in [0.5, 0.6) is 0 Å². The van der Waals surface area contributed by atoms with Crippen LogP contribution < -0.4 is 11.1 Å². The molecule has 0 amide bonds. The van der Waals surface area contributed by atoms with Gasteiger partial charge in [-0.1, -0.05) is 12.1 Å². The van der Waals surface area contributed by atoms with Crippen molar-refractivity contribution < 1.29 is 9.90 Å². The van der Waals surface area contributed by atoms with Gasteiger partial charge in [0.25, 0.3) is 0 Å². The van der Waals surface area contributed by atoms with Crippen molar-refractivity contribution in [3.8, 4) is 0 Å². The van der Waals surface area contributed by atoms with E-state index in [1.807, 2.05) is 24.3 Å². The molecule has 0 fully saturated rings. The number of rotatable bonds is 4. The van der Waals surface area contributed by atoms with Crippen molar-refractivity contribution >= 4 is 29.0 Å². The van der Waals surface area contributed by atoms with Gasteiger partial charge in [-0.15, -0.1) is 0 Å². The number of aryl methyl sites for hydroxylation is 1. The van der Waals surface area contributed by atoms with Crippen LogP contribution in [0, 0.1) is 0 Å². The number of carboxylic acid groups (broad SMARTS) is 1. The summed E-state index contributed by atoms with van der Waals surface area (Å²) in [6.45, 7) is 0. The lowest BCUT2D eigenvalue weighted by Crippen LogP contribution is -2.18. The largest absolute Gasteiger partial charge is 0.481 e. The highest BCUT2D eigenvalue weighted by atomic mass is 32.1. The molecule has 1 aromatic carbocycles. The lowest BCUT2D eigenvalue weighted by molar-refractivity contribution is -0.136. The molecule has 0 saturated carbocycles. The van der Waals surface area contributed by atoms with Crippen LogP contribution in [0.15, 0.2) is 24.3 Å². The normalized spacial score (nSPS) is 9.60. The molecule has 0 saturated heterocycles. The van der Waals surface area contributed by atoms with E-state index in [4.69, 9.17) is 10.8 Å². The number of carbonyl (C=O) groups is 1. The molecule has 4 N–H and O–H groups in total. The molecule has 0 aliphatic carbocycles. The van der Waals surface area contributed by atoms with Gasteiger partial charge in [-0.3, -0.25) is 4.79 Å². The Kier molecular flexibility index (Phi) is 4.05. The molecule has 15 heavy (non-hydrogen) atoms. The molecule has 0 unspecified atom stereocenters. The van der Waals surface area contributed by atoms with Crippen LogP contribution in [0.4, 0.5) is 5.69 Å². The first-order valence-electron chi connectivity index (χ1n) is 4.45. The third kappa shape index (κ3) is 4.42. The van der Waals surface area contributed by atoms with Gasteiger partial charge in [-0.05, 0) is 36.3 Å². The molecular weight excluding hydrogens is 212 g/mol. The zero-order valence-electron chi connectivity index (χ0n) is 8.06. The fraction of sp³-hybridized carbons (Fsp3) is 0.200.